The molecule has 0 aliphatic heterocycles. The minimum absolute atomic E-state index is 0.0344. The third-order valence-corrected chi connectivity index (χ3v) is 3.64. The van der Waals surface area contributed by atoms with Crippen LogP contribution in [-0.4, -0.2) is 31.7 Å². The molecule has 28 heavy (non-hydrogen) atoms. The lowest BCUT2D eigenvalue weighted by Gasteiger charge is -2.12. The monoisotopic (exact) mass is 397 g/mol. The Morgan fingerprint density at radius 2 is 1.79 bits per heavy atom. The van der Waals surface area contributed by atoms with E-state index in [-0.39, 0.29) is 16.9 Å². The Morgan fingerprint density at radius 3 is 2.32 bits per heavy atom. The van der Waals surface area contributed by atoms with Crippen LogP contribution in [0.1, 0.15) is 21.5 Å². The van der Waals surface area contributed by atoms with Gasteiger partial charge in [0.25, 0.3) is 5.69 Å². The summed E-state index contributed by atoms with van der Waals surface area (Å²) in [6, 6.07) is 8.35. The van der Waals surface area contributed by atoms with E-state index < -0.39 is 35.5 Å². The van der Waals surface area contributed by atoms with Crippen molar-refractivity contribution < 1.29 is 37.4 Å². The summed E-state index contributed by atoms with van der Waals surface area (Å²) in [6.07, 6.45) is 0. The molecule has 0 unspecified atom stereocenters. The summed E-state index contributed by atoms with van der Waals surface area (Å²) in [6.45, 7) is -3.26. The molecule has 2 aromatic rings. The molecule has 2 rings (SSSR count). The van der Waals surface area contributed by atoms with E-state index in [9.17, 15) is 23.7 Å². The average Bonchev–Trinajstić information content (AvgIpc) is 2.66. The third kappa shape index (κ3) is 5.36. The molecule has 10 heteroatoms. The lowest BCUT2D eigenvalue weighted by Crippen LogP contribution is -2.09. The summed E-state index contributed by atoms with van der Waals surface area (Å²) in [5, 5.41) is 11.2. The van der Waals surface area contributed by atoms with Gasteiger partial charge in [0.2, 0.25) is 0 Å². The molecule has 0 amide bonds. The van der Waals surface area contributed by atoms with Crippen molar-refractivity contribution >= 4 is 11.7 Å². The van der Waals surface area contributed by atoms with E-state index in [1.165, 1.54) is 19.2 Å². The summed E-state index contributed by atoms with van der Waals surface area (Å²) in [5.41, 5.74) is 0.522. The number of hydrogen-bond acceptors (Lipinski definition) is 7. The van der Waals surface area contributed by atoms with Crippen LogP contribution in [0.2, 0.25) is 0 Å². The van der Waals surface area contributed by atoms with Crippen LogP contribution in [0.3, 0.4) is 0 Å². The molecule has 0 atom stereocenters. The predicted octanol–water partition coefficient (Wildman–Crippen LogP) is 3.71. The molecule has 0 N–H and O–H groups in total. The molecule has 0 radical (unpaired) electrons. The number of nitro benzene ring substituents is 1. The van der Waals surface area contributed by atoms with E-state index in [4.69, 9.17) is 14.2 Å². The lowest BCUT2D eigenvalue weighted by molar-refractivity contribution is -0.386. The molecule has 0 saturated carbocycles. The molecule has 0 bridgehead atoms. The number of carbonyl (C=O) groups is 1. The summed E-state index contributed by atoms with van der Waals surface area (Å²) in [4.78, 5) is 22.6. The van der Waals surface area contributed by atoms with Crippen LogP contribution in [0.15, 0.2) is 36.4 Å². The fourth-order valence-corrected chi connectivity index (χ4v) is 2.35. The van der Waals surface area contributed by atoms with Gasteiger partial charge in [-0.05, 0) is 23.8 Å². The van der Waals surface area contributed by atoms with Crippen LogP contribution in [0, 0.1) is 10.1 Å². The second kappa shape index (κ2) is 9.60. The maximum Gasteiger partial charge on any atom is 0.387 e. The van der Waals surface area contributed by atoms with Gasteiger partial charge in [0, 0.05) is 7.11 Å². The molecule has 0 spiro atoms. The van der Waals surface area contributed by atoms with Crippen molar-refractivity contribution in [1.29, 1.82) is 0 Å². The molecule has 0 heterocycles. The first-order valence-electron chi connectivity index (χ1n) is 7.90. The summed E-state index contributed by atoms with van der Waals surface area (Å²) in [5.74, 6) is -1.35. The fraction of sp³-hybridized carbons (Fsp3) is 0.278. The maximum atomic E-state index is 12.5. The number of carbonyl (C=O) groups excluding carboxylic acids is 1. The van der Waals surface area contributed by atoms with Crippen LogP contribution in [0.5, 0.6) is 11.5 Å². The Bertz CT molecular complexity index is 841. The van der Waals surface area contributed by atoms with Crippen molar-refractivity contribution in [3.63, 3.8) is 0 Å². The van der Waals surface area contributed by atoms with Gasteiger partial charge in [-0.2, -0.15) is 8.78 Å². The predicted molar refractivity (Wildman–Crippen MR) is 92.6 cm³/mol. The number of nitrogens with zero attached hydrogens (tertiary/aromatic N) is 1. The van der Waals surface area contributed by atoms with E-state index in [2.05, 4.69) is 4.74 Å². The highest BCUT2D eigenvalue weighted by atomic mass is 19.3. The van der Waals surface area contributed by atoms with Crippen LogP contribution in [0.4, 0.5) is 14.5 Å². The molecule has 150 valence electrons. The van der Waals surface area contributed by atoms with Gasteiger partial charge in [-0.3, -0.25) is 10.1 Å². The number of halogens is 2. The van der Waals surface area contributed by atoms with Gasteiger partial charge in [0.1, 0.15) is 6.61 Å². The van der Waals surface area contributed by atoms with Crippen LogP contribution in [0.25, 0.3) is 0 Å². The van der Waals surface area contributed by atoms with Crippen molar-refractivity contribution in [1.82, 2.24) is 0 Å². The highest BCUT2D eigenvalue weighted by molar-refractivity contribution is 5.89. The van der Waals surface area contributed by atoms with Crippen molar-refractivity contribution in [3.8, 4) is 11.5 Å². The standard InChI is InChI=1S/C18H17F2NO7/c1-25-9-11-3-5-12(6-4-11)17(22)27-10-13-7-15(26-2)16(28-18(19)20)8-14(13)21(23)24/h3-8,18H,9-10H2,1-2H3. The Hall–Kier alpha value is -3.27. The Morgan fingerprint density at radius 1 is 1.11 bits per heavy atom. The maximum absolute atomic E-state index is 12.5. The molecular weight excluding hydrogens is 380 g/mol. The number of ether oxygens (including phenoxy) is 4. The van der Waals surface area contributed by atoms with Crippen LogP contribution in [-0.2, 0) is 22.7 Å². The normalized spacial score (nSPS) is 10.6. The molecule has 0 aliphatic rings. The minimum atomic E-state index is -3.18. The van der Waals surface area contributed by atoms with Gasteiger partial charge in [0.15, 0.2) is 11.5 Å². The molecular formula is C18H17F2NO7. The first-order chi connectivity index (χ1) is 13.3. The zero-order valence-electron chi connectivity index (χ0n) is 15.0. The molecule has 0 fully saturated rings. The smallest absolute Gasteiger partial charge is 0.387 e. The number of benzene rings is 2. The summed E-state index contributed by atoms with van der Waals surface area (Å²) >= 11 is 0. The zero-order valence-corrected chi connectivity index (χ0v) is 15.0. The Balaban J connectivity index is 2.19. The van der Waals surface area contributed by atoms with E-state index in [0.29, 0.717) is 6.61 Å². The van der Waals surface area contributed by atoms with Gasteiger partial charge >= 0.3 is 12.6 Å². The largest absolute Gasteiger partial charge is 0.493 e. The number of hydrogen-bond donors (Lipinski definition) is 0. The first kappa shape index (κ1) is 21.0. The molecule has 0 aliphatic carbocycles. The highest BCUT2D eigenvalue weighted by Crippen LogP contribution is 2.36. The first-order valence-corrected chi connectivity index (χ1v) is 7.90. The Kier molecular flexibility index (Phi) is 7.21. The number of esters is 1. The topological polar surface area (TPSA) is 97.1 Å². The van der Waals surface area contributed by atoms with E-state index in [1.54, 1.807) is 19.2 Å². The van der Waals surface area contributed by atoms with Gasteiger partial charge in [-0.1, -0.05) is 12.1 Å². The van der Waals surface area contributed by atoms with Crippen molar-refractivity contribution in [3.05, 3.63) is 63.2 Å². The minimum Gasteiger partial charge on any atom is -0.493 e. The molecule has 0 saturated heterocycles. The van der Waals surface area contributed by atoms with Gasteiger partial charge in [-0.25, -0.2) is 4.79 Å². The molecule has 0 aromatic heterocycles. The van der Waals surface area contributed by atoms with Crippen molar-refractivity contribution in [2.24, 2.45) is 0 Å². The van der Waals surface area contributed by atoms with Gasteiger partial charge in [0.05, 0.1) is 35.8 Å². The van der Waals surface area contributed by atoms with E-state index in [1.807, 2.05) is 0 Å². The third-order valence-electron chi connectivity index (χ3n) is 3.64. The van der Waals surface area contributed by atoms with Crippen molar-refractivity contribution in [2.45, 2.75) is 19.8 Å². The number of nitro groups is 1. The lowest BCUT2D eigenvalue weighted by atomic mass is 10.1. The number of alkyl halides is 2. The van der Waals surface area contributed by atoms with E-state index >= 15 is 0 Å². The molecule has 2 aromatic carbocycles. The Labute approximate surface area is 158 Å². The van der Waals surface area contributed by atoms with E-state index in [0.717, 1.165) is 17.7 Å². The van der Waals surface area contributed by atoms with Crippen molar-refractivity contribution in [2.75, 3.05) is 14.2 Å². The van der Waals surface area contributed by atoms with Gasteiger partial charge < -0.3 is 18.9 Å². The quantitative estimate of drug-likeness (QED) is 0.361. The number of methoxy groups -OCH3 is 2. The molecule has 8 nitrogen and oxygen atoms in total. The fourth-order valence-electron chi connectivity index (χ4n) is 2.35. The van der Waals surface area contributed by atoms with Crippen LogP contribution >= 0.6 is 0 Å². The summed E-state index contributed by atoms with van der Waals surface area (Å²) < 4.78 is 44.2. The highest BCUT2D eigenvalue weighted by Gasteiger charge is 2.23. The van der Waals surface area contributed by atoms with Gasteiger partial charge in [-0.15, -0.1) is 0 Å². The second-order valence-electron chi connectivity index (χ2n) is 5.47. The average molecular weight is 397 g/mol. The SMILES string of the molecule is COCc1ccc(C(=O)OCc2cc(OC)c(OC(F)F)cc2[N+](=O)[O-])cc1. The second-order valence-corrected chi connectivity index (χ2v) is 5.47. The number of rotatable bonds is 9. The summed E-state index contributed by atoms with van der Waals surface area (Å²) in [7, 11) is 2.73. The van der Waals surface area contributed by atoms with Crippen LogP contribution < -0.4 is 9.47 Å². The zero-order chi connectivity index (χ0) is 20.7.